The molecular weight excluding hydrogens is 665 g/mol. The quantitative estimate of drug-likeness (QED) is 0.157. The highest BCUT2D eigenvalue weighted by Crippen LogP contribution is 2.45. The van der Waals surface area contributed by atoms with Gasteiger partial charge >= 0.3 is 5.90 Å². The third kappa shape index (κ3) is 9.83. The highest BCUT2D eigenvalue weighted by molar-refractivity contribution is 7.86. The zero-order valence-electron chi connectivity index (χ0n) is 29.6. The van der Waals surface area contributed by atoms with E-state index in [-0.39, 0.29) is 35.8 Å². The molecule has 12 heteroatoms. The first-order chi connectivity index (χ1) is 23.5. The lowest BCUT2D eigenvalue weighted by Gasteiger charge is -2.39. The summed E-state index contributed by atoms with van der Waals surface area (Å²) >= 11 is 0. The molecule has 0 aromatic rings. The molecular formula is C37H61N2O8S2+. The van der Waals surface area contributed by atoms with E-state index in [1.807, 2.05) is 0 Å². The van der Waals surface area contributed by atoms with Crippen molar-refractivity contribution in [2.75, 3.05) is 24.6 Å². The van der Waals surface area contributed by atoms with Crippen molar-refractivity contribution < 1.29 is 40.0 Å². The largest absolute Gasteiger partial charge is 0.474 e. The molecule has 1 saturated heterocycles. The molecule has 5 fully saturated rings. The standard InChI is InChI=1S/C37H60N2O8S2/c1-2-27(23-36-38(19-9-21-48(40,41)42)32-25-30(15-17-34(32)46-36)28-11-5-3-6-12-28)24-37-39(20-10-22-49(43,44)45)33-26-31(16-18-35(33)47-37)29-13-7-4-8-14-29/h23-24,28-35H,2-22,25-26H2,1H3,(H-,40,41,42,43,44,45)/p+1. The first kappa shape index (κ1) is 37.1. The van der Waals surface area contributed by atoms with Gasteiger partial charge in [0.2, 0.25) is 0 Å². The van der Waals surface area contributed by atoms with Gasteiger partial charge in [-0.3, -0.25) is 9.11 Å². The first-order valence-corrected chi connectivity index (χ1v) is 22.8. The Morgan fingerprint density at radius 3 is 1.96 bits per heavy atom. The molecule has 6 rings (SSSR count). The van der Waals surface area contributed by atoms with Crippen LogP contribution in [0.4, 0.5) is 0 Å². The second-order valence-corrected chi connectivity index (χ2v) is 19.1. The van der Waals surface area contributed by atoms with Crippen molar-refractivity contribution >= 4 is 26.1 Å². The maximum atomic E-state index is 11.6. The van der Waals surface area contributed by atoms with E-state index in [0.717, 1.165) is 61.3 Å². The van der Waals surface area contributed by atoms with Gasteiger partial charge in [0.15, 0.2) is 18.0 Å². The Morgan fingerprint density at radius 2 is 1.35 bits per heavy atom. The molecule has 2 heterocycles. The topological polar surface area (TPSA) is 133 Å². The van der Waals surface area contributed by atoms with Gasteiger partial charge < -0.3 is 14.4 Å². The number of ether oxygens (including phenoxy) is 2. The highest BCUT2D eigenvalue weighted by atomic mass is 32.2. The van der Waals surface area contributed by atoms with Crippen molar-refractivity contribution in [1.29, 1.82) is 0 Å². The van der Waals surface area contributed by atoms with E-state index in [1.165, 1.54) is 77.0 Å². The number of hydrogen-bond acceptors (Lipinski definition) is 7. The summed E-state index contributed by atoms with van der Waals surface area (Å²) in [7, 11) is -8.11. The minimum absolute atomic E-state index is 0.0711. The summed E-state index contributed by atoms with van der Waals surface area (Å²) in [6.45, 7) is 3.11. The van der Waals surface area contributed by atoms with Crippen LogP contribution in [0.2, 0.25) is 0 Å². The Morgan fingerprint density at radius 1 is 0.755 bits per heavy atom. The van der Waals surface area contributed by atoms with Crippen LogP contribution in [0.3, 0.4) is 0 Å². The van der Waals surface area contributed by atoms with E-state index >= 15 is 0 Å². The molecule has 2 N–H and O–H groups in total. The van der Waals surface area contributed by atoms with Crippen molar-refractivity contribution in [2.45, 2.75) is 153 Å². The molecule has 0 amide bonds. The van der Waals surface area contributed by atoms with Gasteiger partial charge in [-0.25, -0.2) is 0 Å². The Bertz CT molecular complexity index is 1450. The molecule has 6 unspecified atom stereocenters. The predicted molar refractivity (Wildman–Crippen MR) is 191 cm³/mol. The molecule has 6 aliphatic rings. The molecule has 0 aromatic heterocycles. The summed E-state index contributed by atoms with van der Waals surface area (Å²) in [6, 6.07) is 0.386. The SMILES string of the molecule is CCC(=CC1=[N+](CCCS(=O)(=O)O)C2CC(C3CCCCC3)CCC2O1)C=C1OC2CCC(C3CCCCC3)CC2N1CCCS(=O)(=O)O. The summed E-state index contributed by atoms with van der Waals surface area (Å²) in [5.74, 6) is 3.85. The van der Waals surface area contributed by atoms with Crippen LogP contribution in [-0.4, -0.2) is 90.2 Å². The Kier molecular flexibility index (Phi) is 12.4. The van der Waals surface area contributed by atoms with E-state index in [0.29, 0.717) is 37.8 Å². The average Bonchev–Trinajstić information content (AvgIpc) is 3.60. The molecule has 4 saturated carbocycles. The molecule has 0 spiro atoms. The van der Waals surface area contributed by atoms with Crippen LogP contribution in [0, 0.1) is 23.7 Å². The van der Waals surface area contributed by atoms with E-state index in [4.69, 9.17) is 9.47 Å². The van der Waals surface area contributed by atoms with Gasteiger partial charge in [0.1, 0.15) is 12.6 Å². The van der Waals surface area contributed by atoms with Gasteiger partial charge in [-0.15, -0.1) is 0 Å². The van der Waals surface area contributed by atoms with Crippen molar-refractivity contribution in [2.24, 2.45) is 23.7 Å². The van der Waals surface area contributed by atoms with E-state index in [9.17, 15) is 25.9 Å². The van der Waals surface area contributed by atoms with Crippen molar-refractivity contribution in [3.8, 4) is 0 Å². The molecule has 0 aromatic carbocycles. The minimum atomic E-state index is -4.06. The maximum Gasteiger partial charge on any atom is 0.363 e. The average molecular weight is 726 g/mol. The number of fused-ring (bicyclic) bond motifs is 2. The fourth-order valence-electron chi connectivity index (χ4n) is 10.3. The first-order valence-electron chi connectivity index (χ1n) is 19.5. The fraction of sp³-hybridized carbons (Fsp3) is 0.865. The van der Waals surface area contributed by atoms with Gasteiger partial charge in [-0.1, -0.05) is 71.1 Å². The second-order valence-electron chi connectivity index (χ2n) is 15.9. The zero-order valence-corrected chi connectivity index (χ0v) is 31.2. The molecule has 0 radical (unpaired) electrons. The molecule has 10 nitrogen and oxygen atoms in total. The van der Waals surface area contributed by atoms with Crippen LogP contribution in [0.1, 0.15) is 129 Å². The predicted octanol–water partition coefficient (Wildman–Crippen LogP) is 6.73. The number of rotatable bonds is 13. The summed E-state index contributed by atoms with van der Waals surface area (Å²) in [5, 5.41) is 0. The Hall–Kier alpha value is -1.63. The van der Waals surface area contributed by atoms with Gasteiger partial charge in [0.05, 0.1) is 23.6 Å². The van der Waals surface area contributed by atoms with Crippen LogP contribution >= 0.6 is 0 Å². The summed E-state index contributed by atoms with van der Waals surface area (Å²) in [4.78, 5) is 2.27. The Labute approximate surface area is 295 Å². The van der Waals surface area contributed by atoms with E-state index in [1.54, 1.807) is 0 Å². The zero-order chi connectivity index (χ0) is 34.6. The third-order valence-electron chi connectivity index (χ3n) is 12.8. The van der Waals surface area contributed by atoms with Crippen LogP contribution in [0.25, 0.3) is 0 Å². The van der Waals surface area contributed by atoms with Crippen molar-refractivity contribution in [3.05, 3.63) is 23.6 Å². The smallest absolute Gasteiger partial charge is 0.363 e. The molecule has 49 heavy (non-hydrogen) atoms. The lowest BCUT2D eigenvalue weighted by Crippen LogP contribution is -2.42. The second kappa shape index (κ2) is 16.4. The van der Waals surface area contributed by atoms with Gasteiger partial charge in [0, 0.05) is 25.5 Å². The summed E-state index contributed by atoms with van der Waals surface area (Å²) in [6.07, 6.45) is 25.3. The molecule has 6 atom stereocenters. The lowest BCUT2D eigenvalue weighted by atomic mass is 9.71. The van der Waals surface area contributed by atoms with E-state index in [2.05, 4.69) is 28.6 Å². The number of nitrogens with zero attached hydrogens (tertiary/aromatic N) is 2. The molecule has 0 bridgehead atoms. The molecule has 4 aliphatic carbocycles. The lowest BCUT2D eigenvalue weighted by molar-refractivity contribution is -0.563. The van der Waals surface area contributed by atoms with E-state index < -0.39 is 20.2 Å². The summed E-state index contributed by atoms with van der Waals surface area (Å²) in [5.41, 5.74) is 1.04. The highest BCUT2D eigenvalue weighted by Gasteiger charge is 2.48. The van der Waals surface area contributed by atoms with Gasteiger partial charge in [0.25, 0.3) is 20.2 Å². The number of hydrogen-bond donors (Lipinski definition) is 2. The third-order valence-corrected chi connectivity index (χ3v) is 14.4. The fourth-order valence-corrected chi connectivity index (χ4v) is 11.2. The monoisotopic (exact) mass is 725 g/mol. The number of allylic oxidation sites excluding steroid dienone is 2. The van der Waals surface area contributed by atoms with Gasteiger partial charge in [-0.05, 0) is 74.2 Å². The van der Waals surface area contributed by atoms with Crippen molar-refractivity contribution in [3.63, 3.8) is 0 Å². The normalized spacial score (nSPS) is 33.0. The molecule has 278 valence electrons. The molecule has 2 aliphatic heterocycles. The van der Waals surface area contributed by atoms with Crippen LogP contribution in [0.5, 0.6) is 0 Å². The van der Waals surface area contributed by atoms with Crippen LogP contribution < -0.4 is 0 Å². The Balaban J connectivity index is 1.25. The minimum Gasteiger partial charge on any atom is -0.474 e. The van der Waals surface area contributed by atoms with Crippen molar-refractivity contribution in [1.82, 2.24) is 4.90 Å². The van der Waals surface area contributed by atoms with Crippen LogP contribution in [-0.2, 0) is 29.7 Å². The summed E-state index contributed by atoms with van der Waals surface area (Å²) < 4.78 is 81.1. The maximum absolute atomic E-state index is 11.6. The van der Waals surface area contributed by atoms with Gasteiger partial charge in [-0.2, -0.15) is 21.4 Å². The van der Waals surface area contributed by atoms with Crippen LogP contribution in [0.15, 0.2) is 23.6 Å².